The molecule has 14 heteroatoms. The predicted molar refractivity (Wildman–Crippen MR) is 103 cm³/mol. The third-order valence-corrected chi connectivity index (χ3v) is 7.55. The van der Waals surface area contributed by atoms with Crippen LogP contribution in [0, 0.1) is 0 Å². The van der Waals surface area contributed by atoms with Crippen LogP contribution in [0.1, 0.15) is 15.2 Å². The van der Waals surface area contributed by atoms with Crippen LogP contribution in [-0.2, 0) is 16.2 Å². The smallest absolute Gasteiger partial charge is 0.335 e. The van der Waals surface area contributed by atoms with Crippen molar-refractivity contribution in [1.82, 2.24) is 29.4 Å². The van der Waals surface area contributed by atoms with E-state index in [0.717, 1.165) is 22.5 Å². The number of sulfonamides is 1. The van der Waals surface area contributed by atoms with E-state index in [4.69, 9.17) is 0 Å². The fourth-order valence-corrected chi connectivity index (χ4v) is 5.49. The number of rotatable bonds is 4. The molecule has 1 saturated heterocycles. The van der Waals surface area contributed by atoms with Crippen LogP contribution < -0.4 is 0 Å². The van der Waals surface area contributed by atoms with Gasteiger partial charge in [0.05, 0.1) is 16.1 Å². The molecule has 0 saturated carbocycles. The number of aromatic nitrogens is 4. The monoisotopic (exact) mass is 472 g/mol. The Balaban J connectivity index is 1.48. The number of tetrazole rings is 1. The molecule has 0 unspecified atom stereocenters. The molecule has 3 aromatic rings. The highest BCUT2D eigenvalue weighted by Gasteiger charge is 2.35. The van der Waals surface area contributed by atoms with Gasteiger partial charge in [-0.05, 0) is 40.1 Å². The van der Waals surface area contributed by atoms with Gasteiger partial charge in [-0.25, -0.2) is 8.42 Å². The Kier molecular flexibility index (Phi) is 5.53. The number of hydrogen-bond acceptors (Lipinski definition) is 7. The van der Waals surface area contributed by atoms with Gasteiger partial charge in [0, 0.05) is 26.2 Å². The Labute approximate surface area is 178 Å². The van der Waals surface area contributed by atoms with E-state index < -0.39 is 26.7 Å². The molecule has 164 valence electrons. The molecule has 0 atom stereocenters. The number of hydrogen-bond donors (Lipinski definition) is 0. The van der Waals surface area contributed by atoms with Gasteiger partial charge in [0.2, 0.25) is 10.0 Å². The number of carbonyl (C=O) groups is 1. The molecule has 3 heterocycles. The standard InChI is InChI=1S/C17H15F3N6O3S2/c18-17(19,20)12-2-1-3-13(10-12)31(28,29)25-7-5-24(6-8-25)16(27)15-14(4-9-30-15)26-11-21-22-23-26/h1-4,9-11H,5-8H2. The van der Waals surface area contributed by atoms with E-state index in [1.54, 1.807) is 11.4 Å². The Hall–Kier alpha value is -2.84. The second-order valence-electron chi connectivity index (χ2n) is 6.61. The molecular weight excluding hydrogens is 457 g/mol. The summed E-state index contributed by atoms with van der Waals surface area (Å²) in [6.07, 6.45) is -3.28. The zero-order chi connectivity index (χ0) is 22.2. The van der Waals surface area contributed by atoms with E-state index in [9.17, 15) is 26.4 Å². The summed E-state index contributed by atoms with van der Waals surface area (Å²) in [6, 6.07) is 5.33. The van der Waals surface area contributed by atoms with Crippen molar-refractivity contribution in [2.24, 2.45) is 0 Å². The minimum Gasteiger partial charge on any atom is -0.335 e. The molecule has 4 rings (SSSR count). The molecule has 9 nitrogen and oxygen atoms in total. The largest absolute Gasteiger partial charge is 0.416 e. The fraction of sp³-hybridized carbons (Fsp3) is 0.294. The third-order valence-electron chi connectivity index (χ3n) is 4.76. The predicted octanol–water partition coefficient (Wildman–Crippen LogP) is 1.89. The maximum absolute atomic E-state index is 12.9. The normalized spacial score (nSPS) is 15.9. The number of amides is 1. The summed E-state index contributed by atoms with van der Waals surface area (Å²) >= 11 is 1.21. The zero-order valence-electron chi connectivity index (χ0n) is 15.7. The maximum atomic E-state index is 12.9. The van der Waals surface area contributed by atoms with Crippen molar-refractivity contribution in [3.05, 3.63) is 52.5 Å². The Morgan fingerprint density at radius 1 is 1.10 bits per heavy atom. The van der Waals surface area contributed by atoms with Crippen molar-refractivity contribution in [3.8, 4) is 5.69 Å². The zero-order valence-corrected chi connectivity index (χ0v) is 17.4. The van der Waals surface area contributed by atoms with Gasteiger partial charge in [-0.15, -0.1) is 16.4 Å². The molecule has 0 radical (unpaired) electrons. The molecule has 0 bridgehead atoms. The lowest BCUT2D eigenvalue weighted by Gasteiger charge is -2.34. The molecule has 0 aliphatic carbocycles. The number of alkyl halides is 3. The second kappa shape index (κ2) is 8.01. The van der Waals surface area contributed by atoms with Crippen LogP contribution >= 0.6 is 11.3 Å². The first kappa shape index (κ1) is 21.4. The molecule has 1 aromatic carbocycles. The highest BCUT2D eigenvalue weighted by molar-refractivity contribution is 7.89. The van der Waals surface area contributed by atoms with E-state index in [-0.39, 0.29) is 32.1 Å². The van der Waals surface area contributed by atoms with E-state index in [1.165, 1.54) is 27.2 Å². The van der Waals surface area contributed by atoms with Gasteiger partial charge in [0.15, 0.2) is 0 Å². The van der Waals surface area contributed by atoms with E-state index in [2.05, 4.69) is 15.5 Å². The Morgan fingerprint density at radius 3 is 2.48 bits per heavy atom. The number of halogens is 3. The molecule has 1 aliphatic heterocycles. The average Bonchev–Trinajstić information content (AvgIpc) is 3.44. The van der Waals surface area contributed by atoms with Gasteiger partial charge < -0.3 is 4.90 Å². The van der Waals surface area contributed by atoms with Gasteiger partial charge in [-0.1, -0.05) is 6.07 Å². The van der Waals surface area contributed by atoms with E-state index >= 15 is 0 Å². The minimum absolute atomic E-state index is 0.0318. The highest BCUT2D eigenvalue weighted by atomic mass is 32.2. The first-order valence-corrected chi connectivity index (χ1v) is 11.3. The van der Waals surface area contributed by atoms with Crippen LogP contribution in [0.25, 0.3) is 5.69 Å². The van der Waals surface area contributed by atoms with Crippen molar-refractivity contribution in [2.45, 2.75) is 11.1 Å². The van der Waals surface area contributed by atoms with Crippen LogP contribution in [0.5, 0.6) is 0 Å². The highest BCUT2D eigenvalue weighted by Crippen LogP contribution is 2.31. The van der Waals surface area contributed by atoms with Crippen molar-refractivity contribution >= 4 is 27.3 Å². The quantitative estimate of drug-likeness (QED) is 0.575. The SMILES string of the molecule is O=C(c1sccc1-n1cnnn1)N1CCN(S(=O)(=O)c2cccc(C(F)(F)F)c2)CC1. The number of nitrogens with zero attached hydrogens (tertiary/aromatic N) is 6. The van der Waals surface area contributed by atoms with Gasteiger partial charge in [-0.3, -0.25) is 4.79 Å². The number of carbonyl (C=O) groups excluding carboxylic acids is 1. The number of thiophene rings is 1. The summed E-state index contributed by atoms with van der Waals surface area (Å²) in [6.45, 7) is 0.139. The maximum Gasteiger partial charge on any atom is 0.416 e. The van der Waals surface area contributed by atoms with Gasteiger partial charge >= 0.3 is 6.18 Å². The van der Waals surface area contributed by atoms with Crippen molar-refractivity contribution in [3.63, 3.8) is 0 Å². The topological polar surface area (TPSA) is 101 Å². The van der Waals surface area contributed by atoms with Crippen molar-refractivity contribution < 1.29 is 26.4 Å². The summed E-state index contributed by atoms with van der Waals surface area (Å²) in [5.74, 6) is -0.295. The van der Waals surface area contributed by atoms with Gasteiger partial charge in [-0.2, -0.15) is 22.2 Å². The van der Waals surface area contributed by atoms with Crippen LogP contribution in [0.4, 0.5) is 13.2 Å². The Bertz CT molecular complexity index is 1190. The lowest BCUT2D eigenvalue weighted by Crippen LogP contribution is -2.50. The van der Waals surface area contributed by atoms with E-state index in [0.29, 0.717) is 16.6 Å². The summed E-state index contributed by atoms with van der Waals surface area (Å²) in [4.78, 5) is 14.4. The van der Waals surface area contributed by atoms with Gasteiger partial charge in [0.1, 0.15) is 11.2 Å². The van der Waals surface area contributed by atoms with Crippen LogP contribution in [0.2, 0.25) is 0 Å². The van der Waals surface area contributed by atoms with E-state index in [1.807, 2.05) is 0 Å². The molecule has 1 amide bonds. The molecular formula is C17H15F3N6O3S2. The molecule has 1 aliphatic rings. The molecule has 0 N–H and O–H groups in total. The van der Waals surface area contributed by atoms with Crippen LogP contribution in [-0.4, -0.2) is 69.9 Å². The lowest BCUT2D eigenvalue weighted by molar-refractivity contribution is -0.137. The van der Waals surface area contributed by atoms with Crippen LogP contribution in [0.3, 0.4) is 0 Å². The fourth-order valence-electron chi connectivity index (χ4n) is 3.17. The first-order chi connectivity index (χ1) is 14.7. The lowest BCUT2D eigenvalue weighted by atomic mass is 10.2. The molecule has 0 spiro atoms. The third kappa shape index (κ3) is 4.18. The number of benzene rings is 1. The molecule has 2 aromatic heterocycles. The Morgan fingerprint density at radius 2 is 1.84 bits per heavy atom. The minimum atomic E-state index is -4.64. The average molecular weight is 472 g/mol. The summed E-state index contributed by atoms with van der Waals surface area (Å²) < 4.78 is 66.9. The summed E-state index contributed by atoms with van der Waals surface area (Å²) in [5, 5.41) is 12.6. The summed E-state index contributed by atoms with van der Waals surface area (Å²) in [5.41, 5.74) is -0.519. The molecule has 1 fully saturated rings. The molecule has 31 heavy (non-hydrogen) atoms. The van der Waals surface area contributed by atoms with Gasteiger partial charge in [0.25, 0.3) is 5.91 Å². The number of piperazine rings is 1. The van der Waals surface area contributed by atoms with Crippen molar-refractivity contribution in [2.75, 3.05) is 26.2 Å². The van der Waals surface area contributed by atoms with Crippen molar-refractivity contribution in [1.29, 1.82) is 0 Å². The second-order valence-corrected chi connectivity index (χ2v) is 9.47. The van der Waals surface area contributed by atoms with Crippen LogP contribution in [0.15, 0.2) is 46.9 Å². The summed E-state index contributed by atoms with van der Waals surface area (Å²) in [7, 11) is -4.12. The first-order valence-electron chi connectivity index (χ1n) is 8.95.